The molecule has 0 spiro atoms. The van der Waals surface area contributed by atoms with Crippen LogP contribution >= 0.6 is 0 Å². The number of aliphatic hydroxyl groups excluding tert-OH is 6. The first-order valence-electron chi connectivity index (χ1n) is 19.7. The number of methoxy groups -OCH3 is 1. The topological polar surface area (TPSA) is 361 Å². The number of fused-ring (bicyclic) bond motifs is 3. The number of phenolic OH excluding ortho intramolecular Hbond substituents is 2. The molecule has 344 valence electrons. The van der Waals surface area contributed by atoms with Gasteiger partial charge in [-0.1, -0.05) is 18.2 Å². The van der Waals surface area contributed by atoms with Crippen LogP contribution in [0.15, 0.2) is 36.4 Å². The molecule has 1 amide bonds. The maximum Gasteiger partial charge on any atom is 0.407 e. The number of aromatic hydroxyl groups is 2. The van der Waals surface area contributed by atoms with Crippen LogP contribution in [0.5, 0.6) is 23.0 Å². The first-order chi connectivity index (χ1) is 30.3. The number of aliphatic hydroxyl groups is 7. The molecule has 10 N–H and O–H groups in total. The zero-order valence-electron chi connectivity index (χ0n) is 33.9. The molecule has 4 aliphatic rings. The number of nitrogens with zero attached hydrogens (tertiary/aromatic N) is 1. The molecule has 3 aromatic carbocycles. The van der Waals surface area contributed by atoms with E-state index in [4.69, 9.17) is 28.4 Å². The maximum absolute atomic E-state index is 14.0. The number of alkyl carbamates (subject to hydrolysis) is 1. The Balaban J connectivity index is 1.09. The number of amides is 1. The van der Waals surface area contributed by atoms with Gasteiger partial charge in [0, 0.05) is 42.0 Å². The second kappa shape index (κ2) is 18.0. The Kier molecular flexibility index (Phi) is 12.9. The van der Waals surface area contributed by atoms with Crippen LogP contribution in [-0.4, -0.2) is 155 Å². The second-order valence-corrected chi connectivity index (χ2v) is 15.7. The Bertz CT molecular complexity index is 2370. The van der Waals surface area contributed by atoms with E-state index in [0.29, 0.717) is 0 Å². The van der Waals surface area contributed by atoms with Crippen molar-refractivity contribution in [1.29, 1.82) is 0 Å². The molecule has 2 aliphatic carbocycles. The van der Waals surface area contributed by atoms with E-state index in [1.807, 2.05) is 0 Å². The minimum atomic E-state index is -2.44. The predicted molar refractivity (Wildman–Crippen MR) is 208 cm³/mol. The average Bonchev–Trinajstić information content (AvgIpc) is 3.27. The van der Waals surface area contributed by atoms with Crippen molar-refractivity contribution in [3.63, 3.8) is 0 Å². The van der Waals surface area contributed by atoms with Gasteiger partial charge in [0.2, 0.25) is 12.1 Å². The van der Waals surface area contributed by atoms with Crippen LogP contribution in [0.25, 0.3) is 0 Å². The van der Waals surface area contributed by atoms with Crippen molar-refractivity contribution in [2.45, 2.75) is 99.7 Å². The van der Waals surface area contributed by atoms with Crippen molar-refractivity contribution in [2.24, 2.45) is 0 Å². The number of benzene rings is 3. The van der Waals surface area contributed by atoms with Gasteiger partial charge < -0.3 is 79.7 Å². The normalized spacial score (nSPS) is 29.8. The summed E-state index contributed by atoms with van der Waals surface area (Å²) in [6, 6.07) is 6.33. The number of carbonyl (C=O) groups excluding carboxylic acids is 4. The molecule has 0 radical (unpaired) electrons. The van der Waals surface area contributed by atoms with Crippen molar-refractivity contribution in [3.05, 3.63) is 85.5 Å². The van der Waals surface area contributed by atoms with E-state index in [1.54, 1.807) is 0 Å². The van der Waals surface area contributed by atoms with Gasteiger partial charge >= 0.3 is 11.8 Å². The van der Waals surface area contributed by atoms with Crippen LogP contribution in [-0.2, 0) is 36.8 Å². The summed E-state index contributed by atoms with van der Waals surface area (Å²) >= 11 is 0. The van der Waals surface area contributed by atoms with Gasteiger partial charge in [-0.05, 0) is 24.6 Å². The molecular formula is C41H44N2O21. The summed E-state index contributed by atoms with van der Waals surface area (Å²) in [5, 5.41) is 110. The highest BCUT2D eigenvalue weighted by Crippen LogP contribution is 2.52. The lowest BCUT2D eigenvalue weighted by Gasteiger charge is -2.42. The van der Waals surface area contributed by atoms with Crippen LogP contribution in [0, 0.1) is 10.1 Å². The van der Waals surface area contributed by atoms with Gasteiger partial charge in [-0.3, -0.25) is 24.5 Å². The zero-order valence-corrected chi connectivity index (χ0v) is 33.9. The lowest BCUT2D eigenvalue weighted by atomic mass is 9.72. The van der Waals surface area contributed by atoms with Crippen LogP contribution < -0.4 is 14.8 Å². The van der Waals surface area contributed by atoms with Crippen molar-refractivity contribution in [3.8, 4) is 23.0 Å². The van der Waals surface area contributed by atoms with Crippen molar-refractivity contribution in [2.75, 3.05) is 20.3 Å². The predicted octanol–water partition coefficient (Wildman–Crippen LogP) is -0.944. The van der Waals surface area contributed by atoms with E-state index < -0.39 is 162 Å². The molecule has 11 atom stereocenters. The summed E-state index contributed by atoms with van der Waals surface area (Å²) in [6.45, 7) is -1.07. The second-order valence-electron chi connectivity index (χ2n) is 15.7. The van der Waals surface area contributed by atoms with Crippen molar-refractivity contribution in [1.82, 2.24) is 5.32 Å². The minimum absolute atomic E-state index is 0.00740. The van der Waals surface area contributed by atoms with Gasteiger partial charge in [-0.25, -0.2) is 4.79 Å². The highest BCUT2D eigenvalue weighted by atomic mass is 16.7. The van der Waals surface area contributed by atoms with E-state index >= 15 is 0 Å². The molecule has 23 nitrogen and oxygen atoms in total. The molecule has 2 fully saturated rings. The number of carbonyl (C=O) groups is 4. The summed E-state index contributed by atoms with van der Waals surface area (Å²) in [6.07, 6.45) is -16.8. The Morgan fingerprint density at radius 3 is 2.33 bits per heavy atom. The molecule has 23 heteroatoms. The SMILES string of the molecule is COc1cccc2c1C(=O)c1c(O)c3c(c(O)c1C2=O)C[C@@](O)(C(=O)CO)C[C@@H]3O[C@H]1C[C@H](NC(=O)OCc2ccc(O[C@@H]3O[C@H](CO)[C@@H](O)[C@H](O)[C@H]3O)c([N+](=O)[O-])c2)[C@H](O)[C@H](C)O1. The van der Waals surface area contributed by atoms with Gasteiger partial charge in [0.15, 0.2) is 23.6 Å². The minimum Gasteiger partial charge on any atom is -0.507 e. The highest BCUT2D eigenvalue weighted by Gasteiger charge is 2.51. The number of nitro benzene ring substituents is 1. The number of nitro groups is 1. The van der Waals surface area contributed by atoms with Crippen LogP contribution in [0.3, 0.4) is 0 Å². The molecule has 0 unspecified atom stereocenters. The fraction of sp³-hybridized carbons (Fsp3) is 0.463. The molecule has 64 heavy (non-hydrogen) atoms. The third-order valence-electron chi connectivity index (χ3n) is 11.7. The number of phenols is 2. The number of Topliss-reactive ketones (excluding diaryl/α,β-unsaturated/α-hetero) is 1. The number of rotatable bonds is 12. The van der Waals surface area contributed by atoms with E-state index in [0.717, 1.165) is 12.1 Å². The number of hydrogen-bond donors (Lipinski definition) is 10. The zero-order chi connectivity index (χ0) is 46.5. The number of nitrogens with one attached hydrogen (secondary N) is 1. The quantitative estimate of drug-likeness (QED) is 0.0466. The molecule has 7 rings (SSSR count). The fourth-order valence-electron chi connectivity index (χ4n) is 8.39. The van der Waals surface area contributed by atoms with Crippen LogP contribution in [0.4, 0.5) is 10.5 Å². The largest absolute Gasteiger partial charge is 0.507 e. The summed E-state index contributed by atoms with van der Waals surface area (Å²) < 4.78 is 33.3. The Labute approximate surface area is 361 Å². The van der Waals surface area contributed by atoms with Gasteiger partial charge in [0.1, 0.15) is 66.6 Å². The molecule has 2 saturated heterocycles. The van der Waals surface area contributed by atoms with Crippen LogP contribution in [0.1, 0.15) is 74.4 Å². The molecule has 0 bridgehead atoms. The summed E-state index contributed by atoms with van der Waals surface area (Å²) in [4.78, 5) is 64.9. The third kappa shape index (κ3) is 8.22. The Morgan fingerprint density at radius 2 is 1.66 bits per heavy atom. The fourth-order valence-corrected chi connectivity index (χ4v) is 8.39. The Hall–Kier alpha value is -5.86. The van der Waals surface area contributed by atoms with E-state index in [1.165, 1.54) is 38.3 Å². The monoisotopic (exact) mass is 900 g/mol. The maximum atomic E-state index is 14.0. The molecule has 2 heterocycles. The third-order valence-corrected chi connectivity index (χ3v) is 11.7. The summed E-state index contributed by atoms with van der Waals surface area (Å²) in [5.74, 6) is -4.92. The highest BCUT2D eigenvalue weighted by molar-refractivity contribution is 6.31. The van der Waals surface area contributed by atoms with Gasteiger partial charge in [0.25, 0.3) is 0 Å². The first-order valence-corrected chi connectivity index (χ1v) is 19.7. The number of ketones is 3. The molecule has 3 aromatic rings. The van der Waals surface area contributed by atoms with Gasteiger partial charge in [-0.15, -0.1) is 0 Å². The van der Waals surface area contributed by atoms with Crippen molar-refractivity contribution < 1.29 is 98.5 Å². The van der Waals surface area contributed by atoms with Crippen LogP contribution in [0.2, 0.25) is 0 Å². The lowest BCUT2D eigenvalue weighted by Crippen LogP contribution is -2.60. The van der Waals surface area contributed by atoms with E-state index in [9.17, 15) is 75.3 Å². The van der Waals surface area contributed by atoms with Crippen molar-refractivity contribution >= 4 is 29.1 Å². The van der Waals surface area contributed by atoms with Gasteiger partial charge in [0.05, 0.1) is 53.6 Å². The Morgan fingerprint density at radius 1 is 0.938 bits per heavy atom. The molecule has 0 saturated carbocycles. The summed E-state index contributed by atoms with van der Waals surface area (Å²) in [5.41, 5.74) is -5.18. The molecule has 2 aliphatic heterocycles. The lowest BCUT2D eigenvalue weighted by molar-refractivity contribution is -0.387. The first kappa shape index (κ1) is 46.1. The number of hydrogen-bond acceptors (Lipinski definition) is 21. The average molecular weight is 901 g/mol. The molecule has 0 aromatic heterocycles. The number of ether oxygens (including phenoxy) is 6. The van der Waals surface area contributed by atoms with Gasteiger partial charge in [-0.2, -0.15) is 0 Å². The van der Waals surface area contributed by atoms with E-state index in [2.05, 4.69) is 5.32 Å². The smallest absolute Gasteiger partial charge is 0.407 e. The summed E-state index contributed by atoms with van der Waals surface area (Å²) in [7, 11) is 1.27. The standard InChI is InChI=1S/C41H44N2O21/c1-15-31(47)19(42-40(55)60-14-16-6-7-21(20(8-16)43(57)58)63-39-38(54)37(53)34(50)24(12-44)64-39)9-26(61-15)62-23-11-41(56,25(46)13-45)10-18-28(23)36(52)30-29(33(18)49)32(48)17-4-3-5-22(59-2)27(17)35(30)51/h3-8,15,19,23-24,26,31,34,37-39,44-45,47,49-50,52-54,56H,9-14H2,1-2H3,(H,42,55)/t15-,19-,23-,24+,26-,31+,34+,37-,38+,39+,41-/m0/s1. The molecular weight excluding hydrogens is 856 g/mol. The van der Waals surface area contributed by atoms with E-state index in [-0.39, 0.29) is 40.0 Å².